The predicted octanol–water partition coefficient (Wildman–Crippen LogP) is 1.68. The van der Waals surface area contributed by atoms with Crippen LogP contribution in [0.2, 0.25) is 0 Å². The van der Waals surface area contributed by atoms with Crippen molar-refractivity contribution in [2.75, 3.05) is 6.54 Å². The van der Waals surface area contributed by atoms with E-state index in [0.29, 0.717) is 0 Å². The Bertz CT molecular complexity index is 315. The van der Waals surface area contributed by atoms with E-state index >= 15 is 0 Å². The SMILES string of the molecule is CC(NC(=O)N1CCCC1(C)C)C(C)C(=O)O. The molecule has 5 heteroatoms. The van der Waals surface area contributed by atoms with Gasteiger partial charge >= 0.3 is 12.0 Å². The van der Waals surface area contributed by atoms with Crippen LogP contribution in [-0.4, -0.2) is 40.1 Å². The van der Waals surface area contributed by atoms with Crippen molar-refractivity contribution >= 4 is 12.0 Å². The summed E-state index contributed by atoms with van der Waals surface area (Å²) in [6.07, 6.45) is 1.99. The fourth-order valence-corrected chi connectivity index (χ4v) is 2.10. The average Bonchev–Trinajstić information content (AvgIpc) is 2.56. The van der Waals surface area contributed by atoms with E-state index in [4.69, 9.17) is 5.11 Å². The van der Waals surface area contributed by atoms with Gasteiger partial charge in [-0.2, -0.15) is 0 Å². The summed E-state index contributed by atoms with van der Waals surface area (Å²) in [5.41, 5.74) is -0.129. The molecule has 2 unspecified atom stereocenters. The Labute approximate surface area is 102 Å². The lowest BCUT2D eigenvalue weighted by Gasteiger charge is -2.33. The molecule has 5 nitrogen and oxygen atoms in total. The summed E-state index contributed by atoms with van der Waals surface area (Å²) >= 11 is 0. The molecule has 0 saturated carbocycles. The molecule has 0 aromatic heterocycles. The van der Waals surface area contributed by atoms with Crippen LogP contribution in [0.1, 0.15) is 40.5 Å². The molecule has 1 heterocycles. The summed E-state index contributed by atoms with van der Waals surface area (Å²) < 4.78 is 0. The summed E-state index contributed by atoms with van der Waals surface area (Å²) in [5.74, 6) is -1.47. The average molecular weight is 242 g/mol. The maximum atomic E-state index is 12.0. The summed E-state index contributed by atoms with van der Waals surface area (Å²) in [7, 11) is 0. The normalized spacial score (nSPS) is 22.0. The molecule has 0 aromatic carbocycles. The molecule has 2 atom stereocenters. The second-order valence-electron chi connectivity index (χ2n) is 5.43. The van der Waals surface area contributed by atoms with Crippen LogP contribution in [0.3, 0.4) is 0 Å². The summed E-state index contributed by atoms with van der Waals surface area (Å²) in [6.45, 7) is 8.13. The first kappa shape index (κ1) is 13.8. The number of amides is 2. The molecule has 2 N–H and O–H groups in total. The molecule has 1 fully saturated rings. The van der Waals surface area contributed by atoms with Crippen LogP contribution in [-0.2, 0) is 4.79 Å². The van der Waals surface area contributed by atoms with Gasteiger partial charge in [-0.25, -0.2) is 4.79 Å². The molecule has 0 spiro atoms. The van der Waals surface area contributed by atoms with Crippen LogP contribution in [0.15, 0.2) is 0 Å². The number of rotatable bonds is 3. The molecule has 1 saturated heterocycles. The lowest BCUT2D eigenvalue weighted by Crippen LogP contribution is -2.52. The highest BCUT2D eigenvalue weighted by Crippen LogP contribution is 2.28. The largest absolute Gasteiger partial charge is 0.481 e. The van der Waals surface area contributed by atoms with Gasteiger partial charge in [-0.15, -0.1) is 0 Å². The van der Waals surface area contributed by atoms with E-state index in [2.05, 4.69) is 5.32 Å². The van der Waals surface area contributed by atoms with Crippen LogP contribution in [0.5, 0.6) is 0 Å². The van der Waals surface area contributed by atoms with E-state index in [0.717, 1.165) is 19.4 Å². The number of carboxylic acids is 1. The highest BCUT2D eigenvalue weighted by Gasteiger charge is 2.36. The van der Waals surface area contributed by atoms with Crippen LogP contribution in [0, 0.1) is 5.92 Å². The Hall–Kier alpha value is -1.26. The second-order valence-corrected chi connectivity index (χ2v) is 5.43. The van der Waals surface area contributed by atoms with Crippen molar-refractivity contribution in [2.45, 2.75) is 52.1 Å². The summed E-state index contributed by atoms with van der Waals surface area (Å²) in [5, 5.41) is 11.6. The van der Waals surface area contributed by atoms with Gasteiger partial charge in [0.05, 0.1) is 5.92 Å². The van der Waals surface area contributed by atoms with E-state index in [1.54, 1.807) is 18.7 Å². The first-order valence-electron chi connectivity index (χ1n) is 6.06. The van der Waals surface area contributed by atoms with Gasteiger partial charge in [-0.05, 0) is 40.5 Å². The first-order chi connectivity index (χ1) is 7.75. The van der Waals surface area contributed by atoms with Gasteiger partial charge in [0.15, 0.2) is 0 Å². The number of urea groups is 1. The number of nitrogens with one attached hydrogen (secondary N) is 1. The van der Waals surface area contributed by atoms with Gasteiger partial charge in [0.2, 0.25) is 0 Å². The Morgan fingerprint density at radius 3 is 2.35 bits per heavy atom. The monoisotopic (exact) mass is 242 g/mol. The number of hydrogen-bond acceptors (Lipinski definition) is 2. The predicted molar refractivity (Wildman–Crippen MR) is 64.8 cm³/mol. The van der Waals surface area contributed by atoms with Gasteiger partial charge in [-0.1, -0.05) is 0 Å². The fraction of sp³-hybridized carbons (Fsp3) is 0.833. The van der Waals surface area contributed by atoms with E-state index in [1.165, 1.54) is 0 Å². The van der Waals surface area contributed by atoms with Crippen LogP contribution in [0.25, 0.3) is 0 Å². The van der Waals surface area contributed by atoms with Crippen molar-refractivity contribution in [3.8, 4) is 0 Å². The number of hydrogen-bond donors (Lipinski definition) is 2. The third kappa shape index (κ3) is 3.11. The second kappa shape index (κ2) is 4.94. The maximum Gasteiger partial charge on any atom is 0.318 e. The first-order valence-corrected chi connectivity index (χ1v) is 6.06. The molecular weight excluding hydrogens is 220 g/mol. The molecule has 2 amide bonds. The third-order valence-electron chi connectivity index (χ3n) is 3.64. The van der Waals surface area contributed by atoms with Crippen molar-refractivity contribution in [3.05, 3.63) is 0 Å². The van der Waals surface area contributed by atoms with Gasteiger partial charge < -0.3 is 15.3 Å². The van der Waals surface area contributed by atoms with Crippen molar-refractivity contribution in [1.29, 1.82) is 0 Å². The minimum absolute atomic E-state index is 0.129. The van der Waals surface area contributed by atoms with Crippen molar-refractivity contribution in [3.63, 3.8) is 0 Å². The zero-order valence-corrected chi connectivity index (χ0v) is 11.0. The molecule has 17 heavy (non-hydrogen) atoms. The molecule has 1 rings (SSSR count). The summed E-state index contributed by atoms with van der Waals surface area (Å²) in [4.78, 5) is 24.6. The van der Waals surface area contributed by atoms with Crippen LogP contribution >= 0.6 is 0 Å². The Morgan fingerprint density at radius 2 is 1.94 bits per heavy atom. The minimum Gasteiger partial charge on any atom is -0.481 e. The van der Waals surface area contributed by atoms with Gasteiger partial charge in [-0.3, -0.25) is 4.79 Å². The standard InChI is InChI=1S/C12H22N2O3/c1-8(10(15)16)9(2)13-11(17)14-7-5-6-12(14,3)4/h8-9H,5-7H2,1-4H3,(H,13,17)(H,15,16). The number of carboxylic acid groups (broad SMARTS) is 1. The smallest absolute Gasteiger partial charge is 0.318 e. The van der Waals surface area contributed by atoms with Crippen molar-refractivity contribution in [1.82, 2.24) is 10.2 Å². The zero-order chi connectivity index (χ0) is 13.2. The Kier molecular flexibility index (Phi) is 4.01. The number of carbonyl (C=O) groups is 2. The lowest BCUT2D eigenvalue weighted by atomic mass is 10.0. The highest BCUT2D eigenvalue weighted by atomic mass is 16.4. The van der Waals surface area contributed by atoms with Crippen LogP contribution < -0.4 is 5.32 Å². The molecule has 0 aromatic rings. The van der Waals surface area contributed by atoms with E-state index in [1.807, 2.05) is 13.8 Å². The van der Waals surface area contributed by atoms with Gasteiger partial charge in [0.25, 0.3) is 0 Å². The lowest BCUT2D eigenvalue weighted by molar-refractivity contribution is -0.141. The van der Waals surface area contributed by atoms with Crippen LogP contribution in [0.4, 0.5) is 4.79 Å². The van der Waals surface area contributed by atoms with E-state index < -0.39 is 11.9 Å². The molecular formula is C12H22N2O3. The van der Waals surface area contributed by atoms with E-state index in [-0.39, 0.29) is 17.6 Å². The zero-order valence-electron chi connectivity index (χ0n) is 11.0. The highest BCUT2D eigenvalue weighted by molar-refractivity contribution is 5.77. The molecule has 0 radical (unpaired) electrons. The number of aliphatic carboxylic acids is 1. The van der Waals surface area contributed by atoms with Gasteiger partial charge in [0, 0.05) is 18.1 Å². The molecule has 98 valence electrons. The third-order valence-corrected chi connectivity index (χ3v) is 3.64. The quantitative estimate of drug-likeness (QED) is 0.791. The molecule has 1 aliphatic heterocycles. The molecule has 0 bridgehead atoms. The maximum absolute atomic E-state index is 12.0. The van der Waals surface area contributed by atoms with Crippen molar-refractivity contribution < 1.29 is 14.7 Å². The minimum atomic E-state index is -0.890. The topological polar surface area (TPSA) is 69.6 Å². The number of nitrogens with zero attached hydrogens (tertiary/aromatic N) is 1. The fourth-order valence-electron chi connectivity index (χ4n) is 2.10. The molecule has 0 aliphatic carbocycles. The Balaban J connectivity index is 2.58. The van der Waals surface area contributed by atoms with Crippen molar-refractivity contribution in [2.24, 2.45) is 5.92 Å². The Morgan fingerprint density at radius 1 is 1.35 bits per heavy atom. The van der Waals surface area contributed by atoms with E-state index in [9.17, 15) is 9.59 Å². The van der Waals surface area contributed by atoms with Gasteiger partial charge in [0.1, 0.15) is 0 Å². The number of carbonyl (C=O) groups excluding carboxylic acids is 1. The number of likely N-dealkylation sites (tertiary alicyclic amines) is 1. The molecule has 1 aliphatic rings. The summed E-state index contributed by atoms with van der Waals surface area (Å²) in [6, 6.07) is -0.524.